The maximum atomic E-state index is 11.9. The van der Waals surface area contributed by atoms with E-state index in [9.17, 15) is 9.59 Å². The molecule has 25 heavy (non-hydrogen) atoms. The third-order valence-electron chi connectivity index (χ3n) is 3.20. The number of H-pyrrole nitrogens is 2. The van der Waals surface area contributed by atoms with Gasteiger partial charge < -0.3 is 4.98 Å². The predicted octanol–water partition coefficient (Wildman–Crippen LogP) is 1.94. The molecule has 2 rings (SSSR count). The Labute approximate surface area is 154 Å². The van der Waals surface area contributed by atoms with Crippen LogP contribution in [0, 0.1) is 17.6 Å². The highest BCUT2D eigenvalue weighted by molar-refractivity contribution is 7.71. The molecule has 0 bridgehead atoms. The Morgan fingerprint density at radius 1 is 1.52 bits per heavy atom. The Morgan fingerprint density at radius 2 is 2.24 bits per heavy atom. The number of carbonyl (C=O) groups excluding carboxylic acids is 1. The molecule has 0 aliphatic carbocycles. The minimum Gasteiger partial charge on any atom is -0.335 e. The van der Waals surface area contributed by atoms with Gasteiger partial charge in [-0.25, -0.2) is 5.43 Å². The first-order chi connectivity index (χ1) is 11.8. The SMILES string of the molecule is Cc1nn(CC(C)C)c(Cl)c1/C=N\NC(=O)Cc1cc(=O)[nH]c(=S)[nH]1. The van der Waals surface area contributed by atoms with Gasteiger partial charge in [-0.05, 0) is 25.1 Å². The second kappa shape index (κ2) is 8.21. The lowest BCUT2D eigenvalue weighted by Crippen LogP contribution is -2.21. The van der Waals surface area contributed by atoms with Crippen LogP contribution < -0.4 is 11.0 Å². The summed E-state index contributed by atoms with van der Waals surface area (Å²) in [7, 11) is 0. The molecule has 0 spiro atoms. The van der Waals surface area contributed by atoms with Gasteiger partial charge >= 0.3 is 0 Å². The molecule has 0 saturated carbocycles. The summed E-state index contributed by atoms with van der Waals surface area (Å²) in [4.78, 5) is 28.4. The third-order valence-corrected chi connectivity index (χ3v) is 3.80. The van der Waals surface area contributed by atoms with Crippen LogP contribution in [0.4, 0.5) is 0 Å². The Hall–Kier alpha value is -2.26. The van der Waals surface area contributed by atoms with E-state index in [2.05, 4.69) is 39.4 Å². The fourth-order valence-corrected chi connectivity index (χ4v) is 2.70. The zero-order valence-corrected chi connectivity index (χ0v) is 15.7. The van der Waals surface area contributed by atoms with Gasteiger partial charge in [0, 0.05) is 18.3 Å². The molecule has 134 valence electrons. The predicted molar refractivity (Wildman–Crippen MR) is 98.5 cm³/mol. The topological polar surface area (TPSA) is 108 Å². The highest BCUT2D eigenvalue weighted by Crippen LogP contribution is 2.18. The first-order valence-corrected chi connectivity index (χ1v) is 8.42. The van der Waals surface area contributed by atoms with Gasteiger partial charge in [-0.1, -0.05) is 25.4 Å². The Kier molecular flexibility index (Phi) is 6.27. The van der Waals surface area contributed by atoms with Crippen LogP contribution in [0.3, 0.4) is 0 Å². The lowest BCUT2D eigenvalue weighted by Gasteiger charge is -2.05. The summed E-state index contributed by atoms with van der Waals surface area (Å²) >= 11 is 11.2. The van der Waals surface area contributed by atoms with Crippen molar-refractivity contribution < 1.29 is 4.79 Å². The molecular weight excluding hydrogens is 364 g/mol. The molecule has 0 unspecified atom stereocenters. The van der Waals surface area contributed by atoms with Crippen molar-refractivity contribution in [3.63, 3.8) is 0 Å². The van der Waals surface area contributed by atoms with E-state index in [0.29, 0.717) is 28.9 Å². The second-order valence-electron chi connectivity index (χ2n) is 5.95. The molecule has 10 heteroatoms. The van der Waals surface area contributed by atoms with Gasteiger partial charge in [0.1, 0.15) is 5.15 Å². The molecule has 2 aromatic heterocycles. The van der Waals surface area contributed by atoms with Crippen LogP contribution in [0.15, 0.2) is 16.0 Å². The minimum atomic E-state index is -0.393. The van der Waals surface area contributed by atoms with Crippen LogP contribution in [0.1, 0.15) is 30.8 Å². The van der Waals surface area contributed by atoms with Crippen molar-refractivity contribution in [3.8, 4) is 0 Å². The summed E-state index contributed by atoms with van der Waals surface area (Å²) in [5.41, 5.74) is 3.80. The summed E-state index contributed by atoms with van der Waals surface area (Å²) in [6, 6.07) is 1.27. The van der Waals surface area contributed by atoms with Crippen molar-refractivity contribution in [2.45, 2.75) is 33.7 Å². The Balaban J connectivity index is 2.03. The average Bonchev–Trinajstić information content (AvgIpc) is 2.72. The number of nitrogens with zero attached hydrogens (tertiary/aromatic N) is 3. The van der Waals surface area contributed by atoms with E-state index in [-0.39, 0.29) is 16.8 Å². The van der Waals surface area contributed by atoms with Gasteiger partial charge in [-0.3, -0.25) is 19.3 Å². The molecule has 0 fully saturated rings. The first-order valence-electron chi connectivity index (χ1n) is 7.63. The standard InChI is InChI=1S/C15H19ClN6O2S/c1-8(2)7-22-14(16)11(9(3)21-22)6-17-20-13(24)5-10-4-12(23)19-15(25)18-10/h4,6,8H,5,7H2,1-3H3,(H,20,24)(H2,18,19,23,25)/b17-6-. The number of hydrogen-bond donors (Lipinski definition) is 3. The van der Waals surface area contributed by atoms with E-state index in [0.717, 1.165) is 5.69 Å². The maximum absolute atomic E-state index is 11.9. The smallest absolute Gasteiger partial charge is 0.251 e. The average molecular weight is 383 g/mol. The van der Waals surface area contributed by atoms with E-state index in [4.69, 9.17) is 23.8 Å². The van der Waals surface area contributed by atoms with E-state index in [1.807, 2.05) is 6.92 Å². The Morgan fingerprint density at radius 3 is 2.88 bits per heavy atom. The largest absolute Gasteiger partial charge is 0.335 e. The van der Waals surface area contributed by atoms with Gasteiger partial charge in [-0.2, -0.15) is 10.2 Å². The van der Waals surface area contributed by atoms with E-state index in [1.54, 1.807) is 4.68 Å². The van der Waals surface area contributed by atoms with Crippen molar-refractivity contribution >= 4 is 35.9 Å². The number of hydrogen-bond acceptors (Lipinski definition) is 5. The highest BCUT2D eigenvalue weighted by Gasteiger charge is 2.12. The van der Waals surface area contributed by atoms with Gasteiger partial charge in [0.05, 0.1) is 23.9 Å². The summed E-state index contributed by atoms with van der Waals surface area (Å²) < 4.78 is 1.87. The van der Waals surface area contributed by atoms with Crippen LogP contribution in [0.2, 0.25) is 5.15 Å². The van der Waals surface area contributed by atoms with Crippen molar-refractivity contribution in [3.05, 3.63) is 43.3 Å². The molecule has 0 aromatic carbocycles. The van der Waals surface area contributed by atoms with Crippen LogP contribution in [-0.2, 0) is 17.8 Å². The number of aromatic amines is 2. The van der Waals surface area contributed by atoms with Gasteiger partial charge in [0.2, 0.25) is 5.91 Å². The van der Waals surface area contributed by atoms with Gasteiger partial charge in [0.15, 0.2) is 4.77 Å². The summed E-state index contributed by atoms with van der Waals surface area (Å²) in [5, 5.41) is 8.74. The quantitative estimate of drug-likeness (QED) is 0.403. The molecule has 0 saturated heterocycles. The van der Waals surface area contributed by atoms with E-state index in [1.165, 1.54) is 12.3 Å². The molecule has 8 nitrogen and oxygen atoms in total. The van der Waals surface area contributed by atoms with Crippen molar-refractivity contribution in [1.82, 2.24) is 25.2 Å². The number of aromatic nitrogens is 4. The molecule has 3 N–H and O–H groups in total. The number of nitrogens with one attached hydrogen (secondary N) is 3. The lowest BCUT2D eigenvalue weighted by molar-refractivity contribution is -0.120. The zero-order valence-electron chi connectivity index (χ0n) is 14.1. The molecular formula is C15H19ClN6O2S. The summed E-state index contributed by atoms with van der Waals surface area (Å²) in [6.07, 6.45) is 1.41. The fraction of sp³-hybridized carbons (Fsp3) is 0.400. The highest BCUT2D eigenvalue weighted by atomic mass is 35.5. The molecule has 2 aromatic rings. The van der Waals surface area contributed by atoms with Gasteiger partial charge in [0.25, 0.3) is 5.56 Å². The van der Waals surface area contributed by atoms with Crippen LogP contribution >= 0.6 is 23.8 Å². The van der Waals surface area contributed by atoms with Crippen LogP contribution in [-0.4, -0.2) is 31.9 Å². The Bertz CT molecular complexity index is 883. The number of halogens is 1. The number of amides is 1. The molecule has 2 heterocycles. The lowest BCUT2D eigenvalue weighted by atomic mass is 10.2. The molecule has 0 radical (unpaired) electrons. The second-order valence-corrected chi connectivity index (χ2v) is 6.72. The molecule has 0 aliphatic rings. The van der Waals surface area contributed by atoms with Crippen molar-refractivity contribution in [1.29, 1.82) is 0 Å². The summed E-state index contributed by atoms with van der Waals surface area (Å²) in [6.45, 7) is 6.66. The van der Waals surface area contributed by atoms with Crippen LogP contribution in [0.5, 0.6) is 0 Å². The van der Waals surface area contributed by atoms with Crippen molar-refractivity contribution in [2.24, 2.45) is 11.0 Å². The normalized spacial score (nSPS) is 11.4. The maximum Gasteiger partial charge on any atom is 0.251 e. The number of carbonyl (C=O) groups is 1. The minimum absolute atomic E-state index is 0.0514. The number of rotatable bonds is 6. The molecule has 0 aliphatic heterocycles. The monoisotopic (exact) mass is 382 g/mol. The van der Waals surface area contributed by atoms with Crippen molar-refractivity contribution in [2.75, 3.05) is 0 Å². The van der Waals surface area contributed by atoms with E-state index >= 15 is 0 Å². The summed E-state index contributed by atoms with van der Waals surface area (Å²) in [5.74, 6) is 0.0108. The number of aryl methyl sites for hydroxylation is 1. The van der Waals surface area contributed by atoms with Crippen LogP contribution in [0.25, 0.3) is 0 Å². The molecule has 1 amide bonds. The van der Waals surface area contributed by atoms with Gasteiger partial charge in [-0.15, -0.1) is 0 Å². The first kappa shape index (κ1) is 19.1. The molecule has 0 atom stereocenters. The zero-order chi connectivity index (χ0) is 18.6. The van der Waals surface area contributed by atoms with E-state index < -0.39 is 5.91 Å². The fourth-order valence-electron chi connectivity index (χ4n) is 2.18. The number of hydrazone groups is 1. The third kappa shape index (κ3) is 5.36.